The van der Waals surface area contributed by atoms with Gasteiger partial charge in [-0.3, -0.25) is 4.99 Å². The summed E-state index contributed by atoms with van der Waals surface area (Å²) in [4.78, 5) is 11.9. The summed E-state index contributed by atoms with van der Waals surface area (Å²) in [5, 5.41) is 4.87. The van der Waals surface area contributed by atoms with Crippen molar-refractivity contribution in [3.63, 3.8) is 0 Å². The van der Waals surface area contributed by atoms with Crippen LogP contribution in [0.5, 0.6) is 0 Å². The van der Waals surface area contributed by atoms with Gasteiger partial charge in [0.15, 0.2) is 5.65 Å². The molecular weight excluding hydrogens is 390 g/mol. The first-order valence-electron chi connectivity index (χ1n) is 10.1. The van der Waals surface area contributed by atoms with Crippen molar-refractivity contribution in [3.05, 3.63) is 83.6 Å². The Kier molecular flexibility index (Phi) is 5.24. The second kappa shape index (κ2) is 8.32. The number of aromatic nitrogens is 3. The zero-order valence-corrected chi connectivity index (χ0v) is 17.7. The summed E-state index contributed by atoms with van der Waals surface area (Å²) >= 11 is 1.95. The van der Waals surface area contributed by atoms with E-state index in [1.54, 1.807) is 0 Å². The average Bonchev–Trinajstić information content (AvgIpc) is 3.44. The maximum Gasteiger partial charge on any atom is 0.158 e. The van der Waals surface area contributed by atoms with Gasteiger partial charge in [-0.05, 0) is 12.5 Å². The minimum absolute atomic E-state index is 0.546. The smallest absolute Gasteiger partial charge is 0.158 e. The molecule has 5 rings (SSSR count). The van der Waals surface area contributed by atoms with Crippen LogP contribution in [0.3, 0.4) is 0 Å². The lowest BCUT2D eigenvalue weighted by Gasteiger charge is -2.18. The van der Waals surface area contributed by atoms with Gasteiger partial charge < -0.3 is 4.90 Å². The van der Waals surface area contributed by atoms with Gasteiger partial charge in [0.05, 0.1) is 23.8 Å². The highest BCUT2D eigenvalue weighted by molar-refractivity contribution is 7.99. The van der Waals surface area contributed by atoms with Crippen LogP contribution in [0.25, 0.3) is 16.9 Å². The molecule has 6 heteroatoms. The molecule has 0 N–H and O–H groups in total. The molecule has 0 spiro atoms. The predicted octanol–water partition coefficient (Wildman–Crippen LogP) is 4.83. The molecule has 1 aliphatic heterocycles. The molecule has 3 heterocycles. The second-order valence-electron chi connectivity index (χ2n) is 7.46. The molecule has 1 saturated heterocycles. The summed E-state index contributed by atoms with van der Waals surface area (Å²) in [7, 11) is 0. The molecule has 2 aromatic carbocycles. The Morgan fingerprint density at radius 2 is 1.97 bits per heavy atom. The van der Waals surface area contributed by atoms with Crippen molar-refractivity contribution in [3.8, 4) is 11.3 Å². The molecule has 0 aliphatic carbocycles. The molecule has 5 nitrogen and oxygen atoms in total. The maximum absolute atomic E-state index is 4.87. The molecule has 0 bridgehead atoms. The van der Waals surface area contributed by atoms with Crippen LogP contribution in [0, 0.1) is 6.92 Å². The molecule has 4 aromatic rings. The van der Waals surface area contributed by atoms with Crippen LogP contribution < -0.4 is 4.90 Å². The molecule has 150 valence electrons. The molecule has 30 heavy (non-hydrogen) atoms. The fraction of sp³-hybridized carbons (Fsp3) is 0.208. The molecule has 1 fully saturated rings. The Morgan fingerprint density at radius 3 is 2.77 bits per heavy atom. The monoisotopic (exact) mass is 413 g/mol. The Balaban J connectivity index is 1.50. The van der Waals surface area contributed by atoms with Crippen molar-refractivity contribution in [1.82, 2.24) is 14.6 Å². The van der Waals surface area contributed by atoms with E-state index in [0.717, 1.165) is 52.2 Å². The number of benzene rings is 2. The van der Waals surface area contributed by atoms with Gasteiger partial charge in [-0.1, -0.05) is 60.2 Å². The van der Waals surface area contributed by atoms with Crippen LogP contribution in [-0.2, 0) is 6.54 Å². The number of hydrogen-bond donors (Lipinski definition) is 0. The number of nitrogens with zero attached hydrogens (tertiary/aromatic N) is 5. The van der Waals surface area contributed by atoms with Crippen LogP contribution >= 0.6 is 11.8 Å². The Bertz CT molecular complexity index is 1190. The lowest BCUT2D eigenvalue weighted by Crippen LogP contribution is -2.22. The van der Waals surface area contributed by atoms with Crippen molar-refractivity contribution in [1.29, 1.82) is 0 Å². The van der Waals surface area contributed by atoms with Crippen molar-refractivity contribution in [2.75, 3.05) is 23.1 Å². The van der Waals surface area contributed by atoms with Crippen molar-refractivity contribution in [2.24, 2.45) is 4.99 Å². The zero-order chi connectivity index (χ0) is 20.3. The van der Waals surface area contributed by atoms with Crippen molar-refractivity contribution in [2.45, 2.75) is 13.5 Å². The van der Waals surface area contributed by atoms with Crippen LogP contribution in [0.2, 0.25) is 0 Å². The second-order valence-corrected chi connectivity index (χ2v) is 8.53. The highest BCUT2D eigenvalue weighted by atomic mass is 32.2. The van der Waals surface area contributed by atoms with Gasteiger partial charge in [-0.2, -0.15) is 9.61 Å². The van der Waals surface area contributed by atoms with E-state index in [9.17, 15) is 0 Å². The lowest BCUT2D eigenvalue weighted by molar-refractivity contribution is 0.847. The SMILES string of the molecule is Cc1cccc(C=NCc2cc(N3CCSC3)n3nc(-c4ccccc4)cc3n2)c1. The lowest BCUT2D eigenvalue weighted by atomic mass is 10.1. The number of aliphatic imine (C=N–C) groups is 1. The van der Waals surface area contributed by atoms with Crippen molar-refractivity contribution < 1.29 is 0 Å². The summed E-state index contributed by atoms with van der Waals surface area (Å²) in [5.41, 5.74) is 6.21. The molecule has 1 aliphatic rings. The van der Waals surface area contributed by atoms with E-state index in [0.29, 0.717) is 6.54 Å². The normalized spacial score (nSPS) is 14.2. The maximum atomic E-state index is 4.87. The standard InChI is InChI=1S/C24H23N5S/c1-18-6-5-7-19(12-18)15-25-16-21-13-24(28-10-11-30-17-28)29-23(26-21)14-22(27-29)20-8-3-2-4-9-20/h2-9,12-15H,10-11,16-17H2,1H3. The molecule has 0 saturated carbocycles. The molecule has 2 aromatic heterocycles. The number of thioether (sulfide) groups is 1. The van der Waals surface area contributed by atoms with E-state index in [1.165, 1.54) is 5.56 Å². The highest BCUT2D eigenvalue weighted by Gasteiger charge is 2.19. The van der Waals surface area contributed by atoms with E-state index in [2.05, 4.69) is 65.3 Å². The molecule has 0 amide bonds. The van der Waals surface area contributed by atoms with Crippen LogP contribution in [0.4, 0.5) is 5.82 Å². The summed E-state index contributed by atoms with van der Waals surface area (Å²) in [5.74, 6) is 3.20. The summed E-state index contributed by atoms with van der Waals surface area (Å²) in [6.07, 6.45) is 1.93. The fourth-order valence-corrected chi connectivity index (χ4v) is 4.62. The number of rotatable bonds is 5. The molecular formula is C24H23N5S. The topological polar surface area (TPSA) is 45.8 Å². The largest absolute Gasteiger partial charge is 0.346 e. The number of hydrogen-bond acceptors (Lipinski definition) is 5. The third-order valence-corrected chi connectivity index (χ3v) is 6.11. The molecule has 0 unspecified atom stereocenters. The van der Waals surface area contributed by atoms with Crippen molar-refractivity contribution >= 4 is 29.4 Å². The number of anilines is 1. The van der Waals surface area contributed by atoms with E-state index in [1.807, 2.05) is 40.7 Å². The Labute approximate surface area is 180 Å². The first-order chi connectivity index (χ1) is 14.8. The Morgan fingerprint density at radius 1 is 1.07 bits per heavy atom. The van der Waals surface area contributed by atoms with Crippen LogP contribution in [0.15, 0.2) is 71.7 Å². The fourth-order valence-electron chi connectivity index (χ4n) is 3.66. The van der Waals surface area contributed by atoms with Gasteiger partial charge >= 0.3 is 0 Å². The minimum Gasteiger partial charge on any atom is -0.346 e. The average molecular weight is 414 g/mol. The van der Waals surface area contributed by atoms with Crippen LogP contribution in [0.1, 0.15) is 16.8 Å². The third-order valence-electron chi connectivity index (χ3n) is 5.14. The molecule has 0 atom stereocenters. The highest BCUT2D eigenvalue weighted by Crippen LogP contribution is 2.27. The minimum atomic E-state index is 0.546. The van der Waals surface area contributed by atoms with E-state index >= 15 is 0 Å². The quantitative estimate of drug-likeness (QED) is 0.440. The number of aryl methyl sites for hydroxylation is 1. The number of fused-ring (bicyclic) bond motifs is 1. The predicted molar refractivity (Wildman–Crippen MR) is 126 cm³/mol. The van der Waals surface area contributed by atoms with Gasteiger partial charge in [0, 0.05) is 36.2 Å². The third kappa shape index (κ3) is 3.96. The van der Waals surface area contributed by atoms with Gasteiger partial charge in [-0.15, -0.1) is 11.8 Å². The van der Waals surface area contributed by atoms with E-state index in [4.69, 9.17) is 10.1 Å². The van der Waals surface area contributed by atoms with Crippen LogP contribution in [-0.4, -0.2) is 39.0 Å². The van der Waals surface area contributed by atoms with Gasteiger partial charge in [-0.25, -0.2) is 4.98 Å². The first-order valence-corrected chi connectivity index (χ1v) is 11.3. The summed E-state index contributed by atoms with van der Waals surface area (Å²) in [6.45, 7) is 3.66. The van der Waals surface area contributed by atoms with Gasteiger partial charge in [0.25, 0.3) is 0 Å². The Hall–Kier alpha value is -3.12. The molecule has 0 radical (unpaired) electrons. The zero-order valence-electron chi connectivity index (χ0n) is 16.9. The summed E-state index contributed by atoms with van der Waals surface area (Å²) in [6, 6.07) is 22.8. The first kappa shape index (κ1) is 18.9. The van der Waals surface area contributed by atoms with E-state index in [-0.39, 0.29) is 0 Å². The summed E-state index contributed by atoms with van der Waals surface area (Å²) < 4.78 is 1.97. The van der Waals surface area contributed by atoms with Gasteiger partial charge in [0.1, 0.15) is 5.82 Å². The van der Waals surface area contributed by atoms with Gasteiger partial charge in [0.2, 0.25) is 0 Å². The van der Waals surface area contributed by atoms with E-state index < -0.39 is 0 Å².